The summed E-state index contributed by atoms with van der Waals surface area (Å²) in [5.74, 6) is -1.55. The minimum absolute atomic E-state index is 0.0394. The minimum atomic E-state index is -0.745. The lowest BCUT2D eigenvalue weighted by atomic mass is 9.76. The van der Waals surface area contributed by atoms with Crippen molar-refractivity contribution in [2.75, 3.05) is 19.6 Å². The number of pyridine rings is 1. The van der Waals surface area contributed by atoms with Crippen molar-refractivity contribution in [2.24, 2.45) is 5.41 Å². The summed E-state index contributed by atoms with van der Waals surface area (Å²) in [5, 5.41) is 5.85. The Morgan fingerprint density at radius 2 is 2.26 bits per heavy atom. The van der Waals surface area contributed by atoms with Gasteiger partial charge in [0.25, 0.3) is 5.91 Å². The number of ether oxygens (including phenoxy) is 1. The van der Waals surface area contributed by atoms with Crippen LogP contribution < -0.4 is 10.6 Å². The van der Waals surface area contributed by atoms with Gasteiger partial charge in [-0.05, 0) is 32.0 Å². The first-order valence-electron chi connectivity index (χ1n) is 7.51. The Balaban J connectivity index is 1.60. The molecule has 0 bridgehead atoms. The first-order valence-corrected chi connectivity index (χ1v) is 7.89. The molecule has 6 nitrogen and oxygen atoms in total. The highest BCUT2D eigenvalue weighted by molar-refractivity contribution is 6.29. The number of nitrogens with one attached hydrogen (secondary N) is 2. The Kier molecular flexibility index (Phi) is 4.50. The zero-order valence-corrected chi connectivity index (χ0v) is 13.2. The molecule has 124 valence electrons. The average molecular weight is 342 g/mol. The Morgan fingerprint density at radius 3 is 3.00 bits per heavy atom. The van der Waals surface area contributed by atoms with Crippen molar-refractivity contribution in [3.8, 4) is 0 Å². The molecule has 2 aliphatic heterocycles. The molecule has 0 aliphatic carbocycles. The van der Waals surface area contributed by atoms with Crippen molar-refractivity contribution in [1.29, 1.82) is 0 Å². The summed E-state index contributed by atoms with van der Waals surface area (Å²) < 4.78 is 19.0. The van der Waals surface area contributed by atoms with Crippen molar-refractivity contribution in [1.82, 2.24) is 15.6 Å². The molecule has 3 heterocycles. The van der Waals surface area contributed by atoms with Crippen LogP contribution in [-0.4, -0.2) is 42.6 Å². The van der Waals surface area contributed by atoms with Crippen LogP contribution in [-0.2, 0) is 9.53 Å². The standard InChI is InChI=1S/C15H17ClFN3O3/c16-12-5-10(11(17)8-19-12)13(21)20-7-9-6-15(14(22)23-9)1-3-18-4-2-15/h5,8-9,18H,1-4,6-7H2,(H,20,21). The molecule has 1 spiro atoms. The second-order valence-corrected chi connectivity index (χ2v) is 6.35. The quantitative estimate of drug-likeness (QED) is 0.639. The number of carbonyl (C=O) groups is 2. The minimum Gasteiger partial charge on any atom is -0.460 e. The maximum Gasteiger partial charge on any atom is 0.312 e. The first-order chi connectivity index (χ1) is 11.0. The molecule has 1 unspecified atom stereocenters. The van der Waals surface area contributed by atoms with Crippen LogP contribution in [0.15, 0.2) is 12.3 Å². The van der Waals surface area contributed by atoms with Crippen LogP contribution in [0.5, 0.6) is 0 Å². The number of amides is 1. The number of hydrogen-bond acceptors (Lipinski definition) is 5. The molecular weight excluding hydrogens is 325 g/mol. The Bertz CT molecular complexity index is 634. The largest absolute Gasteiger partial charge is 0.460 e. The van der Waals surface area contributed by atoms with Crippen molar-refractivity contribution < 1.29 is 18.7 Å². The normalized spacial score (nSPS) is 22.9. The maximum atomic E-state index is 13.6. The monoisotopic (exact) mass is 341 g/mol. The van der Waals surface area contributed by atoms with E-state index in [1.54, 1.807) is 0 Å². The second-order valence-electron chi connectivity index (χ2n) is 5.96. The van der Waals surface area contributed by atoms with E-state index in [-0.39, 0.29) is 29.3 Å². The van der Waals surface area contributed by atoms with Gasteiger partial charge in [0.15, 0.2) is 5.82 Å². The Hall–Kier alpha value is -1.73. The predicted octanol–water partition coefficient (Wildman–Crippen LogP) is 1.29. The third-order valence-electron chi connectivity index (χ3n) is 4.44. The van der Waals surface area contributed by atoms with Crippen LogP contribution in [0, 0.1) is 11.2 Å². The van der Waals surface area contributed by atoms with Gasteiger partial charge in [-0.25, -0.2) is 9.37 Å². The number of halogens is 2. The maximum absolute atomic E-state index is 13.6. The van der Waals surface area contributed by atoms with Gasteiger partial charge in [-0.15, -0.1) is 0 Å². The van der Waals surface area contributed by atoms with E-state index >= 15 is 0 Å². The molecule has 2 N–H and O–H groups in total. The summed E-state index contributed by atoms with van der Waals surface area (Å²) in [6.07, 6.45) is 2.57. The summed E-state index contributed by atoms with van der Waals surface area (Å²) >= 11 is 5.67. The molecular formula is C15H17ClFN3O3. The molecule has 8 heteroatoms. The van der Waals surface area contributed by atoms with Crippen molar-refractivity contribution in [2.45, 2.75) is 25.4 Å². The Morgan fingerprint density at radius 1 is 1.52 bits per heavy atom. The van der Waals surface area contributed by atoms with Crippen LogP contribution in [0.1, 0.15) is 29.6 Å². The molecule has 0 aromatic carbocycles. The summed E-state index contributed by atoms with van der Waals surface area (Å²) in [5.41, 5.74) is -0.614. The fraction of sp³-hybridized carbons (Fsp3) is 0.533. The summed E-state index contributed by atoms with van der Waals surface area (Å²) in [6.45, 7) is 1.73. The van der Waals surface area contributed by atoms with E-state index < -0.39 is 17.1 Å². The van der Waals surface area contributed by atoms with Gasteiger partial charge in [-0.3, -0.25) is 9.59 Å². The fourth-order valence-electron chi connectivity index (χ4n) is 3.15. The van der Waals surface area contributed by atoms with Gasteiger partial charge in [-0.1, -0.05) is 11.6 Å². The number of aromatic nitrogens is 1. The van der Waals surface area contributed by atoms with E-state index in [1.807, 2.05) is 0 Å². The summed E-state index contributed by atoms with van der Waals surface area (Å²) in [4.78, 5) is 27.7. The van der Waals surface area contributed by atoms with Gasteiger partial charge in [0.1, 0.15) is 11.3 Å². The zero-order chi connectivity index (χ0) is 16.4. The highest BCUT2D eigenvalue weighted by Gasteiger charge is 2.49. The molecule has 1 aromatic heterocycles. The lowest BCUT2D eigenvalue weighted by Crippen LogP contribution is -2.39. The van der Waals surface area contributed by atoms with Gasteiger partial charge in [0.05, 0.1) is 23.7 Å². The smallest absolute Gasteiger partial charge is 0.312 e. The van der Waals surface area contributed by atoms with Gasteiger partial charge >= 0.3 is 5.97 Å². The van der Waals surface area contributed by atoms with Crippen LogP contribution in [0.4, 0.5) is 4.39 Å². The predicted molar refractivity (Wildman–Crippen MR) is 80.6 cm³/mol. The lowest BCUT2D eigenvalue weighted by Gasteiger charge is -2.29. The lowest BCUT2D eigenvalue weighted by molar-refractivity contribution is -0.149. The van der Waals surface area contributed by atoms with E-state index in [9.17, 15) is 14.0 Å². The van der Waals surface area contributed by atoms with Crippen molar-refractivity contribution >= 4 is 23.5 Å². The van der Waals surface area contributed by atoms with E-state index in [2.05, 4.69) is 15.6 Å². The second kappa shape index (κ2) is 6.41. The molecule has 2 fully saturated rings. The molecule has 1 amide bonds. The van der Waals surface area contributed by atoms with Crippen LogP contribution in [0.25, 0.3) is 0 Å². The first kappa shape index (κ1) is 16.1. The molecule has 2 saturated heterocycles. The van der Waals surface area contributed by atoms with Crippen LogP contribution in [0.3, 0.4) is 0 Å². The van der Waals surface area contributed by atoms with Crippen LogP contribution in [0.2, 0.25) is 5.15 Å². The molecule has 0 radical (unpaired) electrons. The average Bonchev–Trinajstić information content (AvgIpc) is 2.84. The molecule has 1 aromatic rings. The number of carbonyl (C=O) groups excluding carboxylic acids is 2. The highest BCUT2D eigenvalue weighted by Crippen LogP contribution is 2.41. The number of rotatable bonds is 3. The topological polar surface area (TPSA) is 80.3 Å². The van der Waals surface area contributed by atoms with Crippen molar-refractivity contribution in [3.05, 3.63) is 28.8 Å². The molecule has 1 atom stereocenters. The van der Waals surface area contributed by atoms with E-state index in [0.717, 1.165) is 32.1 Å². The van der Waals surface area contributed by atoms with Crippen molar-refractivity contribution in [3.63, 3.8) is 0 Å². The third-order valence-corrected chi connectivity index (χ3v) is 4.65. The Labute approximate surface area is 137 Å². The summed E-state index contributed by atoms with van der Waals surface area (Å²) in [7, 11) is 0. The fourth-order valence-corrected chi connectivity index (χ4v) is 3.31. The third kappa shape index (κ3) is 3.30. The number of cyclic esters (lactones) is 1. The van der Waals surface area contributed by atoms with Gasteiger partial charge in [-0.2, -0.15) is 0 Å². The molecule has 0 saturated carbocycles. The SMILES string of the molecule is O=C(NCC1CC2(CCNCC2)C(=O)O1)c1cc(Cl)ncc1F. The summed E-state index contributed by atoms with van der Waals surface area (Å²) in [6, 6.07) is 1.17. The van der Waals surface area contributed by atoms with E-state index in [1.165, 1.54) is 6.07 Å². The number of esters is 1. The number of nitrogens with zero attached hydrogens (tertiary/aromatic N) is 1. The van der Waals surface area contributed by atoms with Crippen LogP contribution >= 0.6 is 11.6 Å². The molecule has 2 aliphatic rings. The van der Waals surface area contributed by atoms with Gasteiger partial charge in [0, 0.05) is 6.42 Å². The van der Waals surface area contributed by atoms with Gasteiger partial charge < -0.3 is 15.4 Å². The zero-order valence-electron chi connectivity index (χ0n) is 12.4. The van der Waals surface area contributed by atoms with E-state index in [4.69, 9.17) is 16.3 Å². The van der Waals surface area contributed by atoms with Gasteiger partial charge in [0.2, 0.25) is 0 Å². The number of piperidine rings is 1. The molecule has 3 rings (SSSR count). The highest BCUT2D eigenvalue weighted by atomic mass is 35.5. The molecule has 23 heavy (non-hydrogen) atoms. The number of hydrogen-bond donors (Lipinski definition) is 2. The van der Waals surface area contributed by atoms with E-state index in [0.29, 0.717) is 6.42 Å².